The van der Waals surface area contributed by atoms with Crippen LogP contribution in [0.2, 0.25) is 0 Å². The summed E-state index contributed by atoms with van der Waals surface area (Å²) in [5.74, 6) is 1.71. The molecular weight excluding hydrogens is 711 g/mol. The summed E-state index contributed by atoms with van der Waals surface area (Å²) in [5, 5.41) is 7.14. The molecular formula is C51H31N7. The van der Waals surface area contributed by atoms with Crippen LogP contribution in [0.4, 0.5) is 0 Å². The zero-order valence-corrected chi connectivity index (χ0v) is 31.0. The average Bonchev–Trinajstić information content (AvgIpc) is 3.84. The molecule has 7 heteroatoms. The van der Waals surface area contributed by atoms with Crippen LogP contribution in [0.25, 0.3) is 111 Å². The second-order valence-corrected chi connectivity index (χ2v) is 14.6. The first-order chi connectivity index (χ1) is 28.7. The van der Waals surface area contributed by atoms with Crippen LogP contribution in [-0.4, -0.2) is 33.9 Å². The third-order valence-corrected chi connectivity index (χ3v) is 11.3. The van der Waals surface area contributed by atoms with Crippen LogP contribution in [0.3, 0.4) is 0 Å². The van der Waals surface area contributed by atoms with Gasteiger partial charge in [0.25, 0.3) is 0 Å². The molecule has 0 N–H and O–H groups in total. The third-order valence-electron chi connectivity index (χ3n) is 11.3. The first-order valence-corrected chi connectivity index (χ1v) is 19.3. The van der Waals surface area contributed by atoms with Crippen LogP contribution in [0, 0.1) is 0 Å². The number of fused-ring (bicyclic) bond motifs is 11. The Morgan fingerprint density at radius 2 is 0.828 bits per heavy atom. The van der Waals surface area contributed by atoms with E-state index in [1.54, 1.807) is 0 Å². The summed E-state index contributed by atoms with van der Waals surface area (Å²) in [7, 11) is 0. The molecule has 0 aliphatic heterocycles. The molecule has 270 valence electrons. The van der Waals surface area contributed by atoms with Gasteiger partial charge in [0, 0.05) is 61.6 Å². The minimum absolute atomic E-state index is 0.546. The Kier molecular flexibility index (Phi) is 7.09. The molecule has 12 rings (SSSR count). The van der Waals surface area contributed by atoms with Crippen LogP contribution in [0.1, 0.15) is 0 Å². The summed E-state index contributed by atoms with van der Waals surface area (Å²) >= 11 is 0. The molecule has 58 heavy (non-hydrogen) atoms. The van der Waals surface area contributed by atoms with E-state index in [0.29, 0.717) is 17.6 Å². The average molecular weight is 742 g/mol. The van der Waals surface area contributed by atoms with Gasteiger partial charge in [0.05, 0.1) is 39.0 Å². The maximum atomic E-state index is 5.27. The number of aromatic nitrogens is 7. The van der Waals surface area contributed by atoms with Crippen molar-refractivity contribution in [3.63, 3.8) is 0 Å². The number of nitrogens with zero attached hydrogens (tertiary/aromatic N) is 7. The van der Waals surface area contributed by atoms with Gasteiger partial charge in [-0.15, -0.1) is 0 Å². The van der Waals surface area contributed by atoms with Crippen molar-refractivity contribution in [3.05, 3.63) is 188 Å². The van der Waals surface area contributed by atoms with Crippen molar-refractivity contribution in [2.45, 2.75) is 0 Å². The van der Waals surface area contributed by atoms with E-state index in [2.05, 4.69) is 158 Å². The summed E-state index contributed by atoms with van der Waals surface area (Å²) in [6.45, 7) is 0. The normalized spacial score (nSPS) is 11.8. The second-order valence-electron chi connectivity index (χ2n) is 14.6. The molecule has 7 nitrogen and oxygen atoms in total. The fraction of sp³-hybridized carbons (Fsp3) is 0. The van der Waals surface area contributed by atoms with Gasteiger partial charge in [-0.3, -0.25) is 14.5 Å². The Balaban J connectivity index is 1.11. The van der Waals surface area contributed by atoms with Gasteiger partial charge in [-0.25, -0.2) is 4.98 Å². The molecule has 0 spiro atoms. The first-order valence-electron chi connectivity index (χ1n) is 19.3. The molecule has 12 aromatic rings. The van der Waals surface area contributed by atoms with Gasteiger partial charge in [-0.05, 0) is 60.0 Å². The van der Waals surface area contributed by atoms with E-state index in [9.17, 15) is 0 Å². The third kappa shape index (κ3) is 5.04. The Hall–Kier alpha value is -8.03. The number of benzene rings is 6. The summed E-state index contributed by atoms with van der Waals surface area (Å²) in [5.41, 5.74) is 11.1. The van der Waals surface area contributed by atoms with Crippen molar-refractivity contribution in [3.8, 4) is 51.2 Å². The highest BCUT2D eigenvalue weighted by atomic mass is 15.2. The standard InChI is InChI=1S/C51H31N7/c1-2-13-39-37(11-1)38-12-3-5-17-44(38)57-46-31-48-41(29-36(46)30-47(39)57)40-14-4-6-18-45(40)58(48)51-55-49(34-23-19-32(20-24-34)42-15-7-9-27-52-42)54-50(56-51)35-25-21-33(22-26-35)43-16-8-10-28-53-43/h1-31H. The lowest BCUT2D eigenvalue weighted by Gasteiger charge is -2.12. The molecule has 0 saturated heterocycles. The van der Waals surface area contributed by atoms with Crippen LogP contribution >= 0.6 is 0 Å². The number of para-hydroxylation sites is 2. The van der Waals surface area contributed by atoms with Crippen molar-refractivity contribution in [1.29, 1.82) is 0 Å². The quantitative estimate of drug-likeness (QED) is 0.164. The molecule has 0 amide bonds. The van der Waals surface area contributed by atoms with Gasteiger partial charge in [0.1, 0.15) is 0 Å². The van der Waals surface area contributed by atoms with Crippen LogP contribution in [0.5, 0.6) is 0 Å². The van der Waals surface area contributed by atoms with Gasteiger partial charge in [0.2, 0.25) is 5.95 Å². The molecule has 6 aromatic carbocycles. The lowest BCUT2D eigenvalue weighted by molar-refractivity contribution is 0.953. The van der Waals surface area contributed by atoms with Crippen LogP contribution in [-0.2, 0) is 0 Å². The van der Waals surface area contributed by atoms with E-state index in [0.717, 1.165) is 61.0 Å². The molecule has 0 aliphatic rings. The fourth-order valence-corrected chi connectivity index (χ4v) is 8.55. The maximum absolute atomic E-state index is 5.27. The monoisotopic (exact) mass is 741 g/mol. The minimum atomic E-state index is 0.546. The van der Waals surface area contributed by atoms with Crippen molar-refractivity contribution >= 4 is 59.9 Å². The topological polar surface area (TPSA) is 73.8 Å². The Bertz CT molecular complexity index is 3430. The molecule has 6 aromatic heterocycles. The summed E-state index contributed by atoms with van der Waals surface area (Å²) in [6, 6.07) is 61.3. The van der Waals surface area contributed by atoms with Crippen LogP contribution in [0.15, 0.2) is 188 Å². The minimum Gasteiger partial charge on any atom is -0.309 e. The lowest BCUT2D eigenvalue weighted by atomic mass is 10.1. The molecule has 0 radical (unpaired) electrons. The highest BCUT2D eigenvalue weighted by molar-refractivity contribution is 6.18. The zero-order valence-electron chi connectivity index (χ0n) is 31.0. The van der Waals surface area contributed by atoms with Crippen LogP contribution < -0.4 is 0 Å². The van der Waals surface area contributed by atoms with Gasteiger partial charge in [-0.2, -0.15) is 9.97 Å². The lowest BCUT2D eigenvalue weighted by Crippen LogP contribution is -2.06. The van der Waals surface area contributed by atoms with Gasteiger partial charge in [0.15, 0.2) is 11.6 Å². The molecule has 6 heterocycles. The predicted molar refractivity (Wildman–Crippen MR) is 235 cm³/mol. The van der Waals surface area contributed by atoms with E-state index < -0.39 is 0 Å². The zero-order chi connectivity index (χ0) is 38.2. The van der Waals surface area contributed by atoms with E-state index in [1.165, 1.54) is 32.6 Å². The van der Waals surface area contributed by atoms with Gasteiger partial charge < -0.3 is 4.40 Å². The Morgan fingerprint density at radius 3 is 1.41 bits per heavy atom. The maximum Gasteiger partial charge on any atom is 0.238 e. The van der Waals surface area contributed by atoms with Crippen molar-refractivity contribution < 1.29 is 0 Å². The fourth-order valence-electron chi connectivity index (χ4n) is 8.55. The van der Waals surface area contributed by atoms with Gasteiger partial charge >= 0.3 is 0 Å². The van der Waals surface area contributed by atoms with E-state index >= 15 is 0 Å². The Labute approximate surface area is 332 Å². The number of hydrogen-bond acceptors (Lipinski definition) is 5. The van der Waals surface area contributed by atoms with E-state index in [-0.39, 0.29) is 0 Å². The molecule has 0 saturated carbocycles. The smallest absolute Gasteiger partial charge is 0.238 e. The number of pyridine rings is 3. The summed E-state index contributed by atoms with van der Waals surface area (Å²) < 4.78 is 4.61. The highest BCUT2D eigenvalue weighted by Gasteiger charge is 2.21. The second kappa shape index (κ2) is 12.8. The molecule has 0 unspecified atom stereocenters. The first kappa shape index (κ1) is 32.2. The molecule has 0 aliphatic carbocycles. The van der Waals surface area contributed by atoms with Crippen molar-refractivity contribution in [2.75, 3.05) is 0 Å². The van der Waals surface area contributed by atoms with Crippen molar-refractivity contribution in [2.24, 2.45) is 0 Å². The molecule has 0 bridgehead atoms. The molecule has 0 atom stereocenters. The van der Waals surface area contributed by atoms with E-state index in [4.69, 9.17) is 15.0 Å². The SMILES string of the molecule is c1ccc(-c2ccc(-c3nc(-c4ccc(-c5ccccn5)cc4)nc(-n4c5ccccc5c5cc6cc7c8ccccc8c8ccccc8n7c6cc54)n3)cc2)nc1. The van der Waals surface area contributed by atoms with Crippen molar-refractivity contribution in [1.82, 2.24) is 33.9 Å². The largest absolute Gasteiger partial charge is 0.309 e. The summed E-state index contributed by atoms with van der Waals surface area (Å²) in [4.78, 5) is 24.8. The highest BCUT2D eigenvalue weighted by Crippen LogP contribution is 2.39. The number of hydrogen-bond donors (Lipinski definition) is 0. The predicted octanol–water partition coefficient (Wildman–Crippen LogP) is 12.1. The Morgan fingerprint density at radius 1 is 0.328 bits per heavy atom. The van der Waals surface area contributed by atoms with E-state index in [1.807, 2.05) is 48.8 Å². The van der Waals surface area contributed by atoms with Gasteiger partial charge in [-0.1, -0.05) is 121 Å². The number of rotatable bonds is 5. The summed E-state index contributed by atoms with van der Waals surface area (Å²) in [6.07, 6.45) is 3.63. The molecule has 0 fully saturated rings.